The number of nitrogens with two attached hydrogens (primary N) is 2. The highest BCUT2D eigenvalue weighted by Crippen LogP contribution is 2.42. The number of allylic oxidation sites excluding steroid dienone is 2. The maximum atomic E-state index is 12.0. The fourth-order valence-corrected chi connectivity index (χ4v) is 6.15. The van der Waals surface area contributed by atoms with Gasteiger partial charge < -0.3 is 37.0 Å². The summed E-state index contributed by atoms with van der Waals surface area (Å²) in [7, 11) is 2.69. The smallest absolute Gasteiger partial charge is 0.214 e. The van der Waals surface area contributed by atoms with Gasteiger partial charge in [-0.3, -0.25) is 9.59 Å². The van der Waals surface area contributed by atoms with Crippen LogP contribution in [0.25, 0.3) is 0 Å². The molecule has 13 nitrogen and oxygen atoms in total. The molecule has 0 fully saturated rings. The van der Waals surface area contributed by atoms with Gasteiger partial charge in [-0.2, -0.15) is 0 Å². The molecule has 0 aromatic carbocycles. The third-order valence-corrected chi connectivity index (χ3v) is 8.50. The zero-order valence-electron chi connectivity index (χ0n) is 22.4. The summed E-state index contributed by atoms with van der Waals surface area (Å²) in [5.74, 6) is 1.65. The van der Waals surface area contributed by atoms with Crippen molar-refractivity contribution >= 4 is 46.0 Å². The zero-order chi connectivity index (χ0) is 28.2. The molecule has 0 saturated heterocycles. The third kappa shape index (κ3) is 9.78. The number of hydrogen-bond donors (Lipinski definition) is 4. The molecule has 0 aliphatic rings. The second-order valence-electron chi connectivity index (χ2n) is 8.25. The number of aryl methyl sites for hydroxylation is 2. The van der Waals surface area contributed by atoms with Crippen molar-refractivity contribution in [1.29, 1.82) is 0 Å². The van der Waals surface area contributed by atoms with Gasteiger partial charge >= 0.3 is 0 Å². The van der Waals surface area contributed by atoms with E-state index < -0.39 is 0 Å². The van der Waals surface area contributed by atoms with Crippen LogP contribution in [-0.2, 0) is 22.7 Å². The fraction of sp³-hybridized carbons (Fsp3) is 0.417. The summed E-state index contributed by atoms with van der Waals surface area (Å²) in [5.41, 5.74) is 14.5. The number of carbonyl (C=O) groups excluding carboxylic acids is 2. The normalized spacial score (nSPS) is 12.2. The Morgan fingerprint density at radius 3 is 1.46 bits per heavy atom. The number of anilines is 2. The molecular weight excluding hydrogens is 544 g/mol. The fourth-order valence-electron chi connectivity index (χ4n) is 3.30. The van der Waals surface area contributed by atoms with Crippen molar-refractivity contribution in [2.75, 3.05) is 24.7 Å². The molecule has 0 aliphatic heterocycles. The van der Waals surface area contributed by atoms with Crippen LogP contribution in [0.1, 0.15) is 49.5 Å². The van der Waals surface area contributed by atoms with Gasteiger partial charge in [0.2, 0.25) is 12.8 Å². The molecule has 2 rings (SSSR count). The molecule has 0 atom stereocenters. The molecule has 214 valence electrons. The van der Waals surface area contributed by atoms with Crippen LogP contribution in [0.3, 0.4) is 0 Å². The number of aliphatic hydroxyl groups is 2. The highest BCUT2D eigenvalue weighted by atomic mass is 33.1. The SMILES string of the molecule is C/C(=C(\CCO)SS/C(CCO)=C(\C)N(C=O)Cc1cnc(C)nc1N)N(C=O)Cc1cnc(C)nc1N.O. The molecule has 2 aromatic rings. The van der Waals surface area contributed by atoms with Crippen molar-refractivity contribution in [3.63, 3.8) is 0 Å². The van der Waals surface area contributed by atoms with Gasteiger partial charge in [0.05, 0.1) is 13.1 Å². The first kappa shape index (κ1) is 33.8. The van der Waals surface area contributed by atoms with Gasteiger partial charge in [-0.05, 0) is 27.7 Å². The first-order valence-corrected chi connectivity index (χ1v) is 13.9. The van der Waals surface area contributed by atoms with E-state index in [1.54, 1.807) is 40.1 Å². The molecule has 2 amide bonds. The lowest BCUT2D eigenvalue weighted by molar-refractivity contribution is -0.117. The van der Waals surface area contributed by atoms with E-state index in [0.717, 1.165) is 9.81 Å². The lowest BCUT2D eigenvalue weighted by Crippen LogP contribution is -2.22. The van der Waals surface area contributed by atoms with Gasteiger partial charge in [0.1, 0.15) is 23.3 Å². The molecule has 0 spiro atoms. The number of aliphatic hydroxyl groups excluding tert-OH is 2. The molecule has 0 aliphatic carbocycles. The molecule has 2 heterocycles. The van der Waals surface area contributed by atoms with Crippen LogP contribution >= 0.6 is 21.6 Å². The average Bonchev–Trinajstić information content (AvgIpc) is 2.88. The van der Waals surface area contributed by atoms with E-state index in [0.29, 0.717) is 71.5 Å². The standard InChI is InChI=1S/C24H34N8O4S2.H2O/c1-15(31(13-35)11-19-9-27-17(3)29-23(19)25)21(5-7-33)37-38-22(6-8-34)16(2)32(14-36)12-20-10-28-18(4)30-24(20)26;/h9-10,13-14,33-34H,5-8,11-12H2,1-4H3,(H2,25,27,29)(H2,26,28,30);1H2/b21-15-,22-16+;. The van der Waals surface area contributed by atoms with Gasteiger partial charge in [0.25, 0.3) is 0 Å². The molecule has 2 aromatic heterocycles. The number of aromatic nitrogens is 4. The number of amides is 2. The monoisotopic (exact) mass is 580 g/mol. The first-order chi connectivity index (χ1) is 18.1. The maximum Gasteiger partial charge on any atom is 0.214 e. The van der Waals surface area contributed by atoms with Crippen molar-refractivity contribution < 1.29 is 25.3 Å². The Morgan fingerprint density at radius 1 is 0.821 bits per heavy atom. The third-order valence-electron chi connectivity index (χ3n) is 5.56. The maximum absolute atomic E-state index is 12.0. The Labute approximate surface area is 235 Å². The predicted octanol–water partition coefficient (Wildman–Crippen LogP) is 1.45. The molecule has 0 bridgehead atoms. The van der Waals surface area contributed by atoms with Crippen molar-refractivity contribution in [3.05, 3.63) is 56.4 Å². The Morgan fingerprint density at radius 2 is 1.18 bits per heavy atom. The number of rotatable bonds is 15. The minimum Gasteiger partial charge on any atom is -0.412 e. The van der Waals surface area contributed by atoms with Gasteiger partial charge in [-0.25, -0.2) is 19.9 Å². The quantitative estimate of drug-likeness (QED) is 0.174. The van der Waals surface area contributed by atoms with Crippen LogP contribution in [0.15, 0.2) is 33.6 Å². The highest BCUT2D eigenvalue weighted by molar-refractivity contribution is 8.79. The summed E-state index contributed by atoms with van der Waals surface area (Å²) in [6.07, 6.45) is 5.15. The van der Waals surface area contributed by atoms with Gasteiger partial charge in [0.15, 0.2) is 0 Å². The number of hydrogen-bond acceptors (Lipinski definition) is 12. The van der Waals surface area contributed by atoms with Gasteiger partial charge in [-0.15, -0.1) is 0 Å². The van der Waals surface area contributed by atoms with E-state index in [1.165, 1.54) is 31.4 Å². The summed E-state index contributed by atoms with van der Waals surface area (Å²) in [6.45, 7) is 7.08. The molecule has 0 unspecified atom stereocenters. The Balaban J connectivity index is 0.00000760. The van der Waals surface area contributed by atoms with Crippen LogP contribution < -0.4 is 11.5 Å². The molecule has 39 heavy (non-hydrogen) atoms. The topological polar surface area (TPSA) is 216 Å². The summed E-state index contributed by atoms with van der Waals surface area (Å²) in [6, 6.07) is 0. The number of nitrogen functional groups attached to an aromatic ring is 2. The van der Waals surface area contributed by atoms with E-state index >= 15 is 0 Å². The Hall–Kier alpha value is -3.24. The first-order valence-electron chi connectivity index (χ1n) is 11.7. The largest absolute Gasteiger partial charge is 0.412 e. The van der Waals surface area contributed by atoms with E-state index in [2.05, 4.69) is 19.9 Å². The van der Waals surface area contributed by atoms with E-state index in [1.807, 2.05) is 0 Å². The molecule has 0 radical (unpaired) electrons. The van der Waals surface area contributed by atoms with Crippen LogP contribution in [0.4, 0.5) is 11.6 Å². The van der Waals surface area contributed by atoms with Gasteiger partial charge in [-0.1, -0.05) is 21.6 Å². The molecule has 15 heteroatoms. The Bertz CT molecular complexity index is 1100. The van der Waals surface area contributed by atoms with Crippen molar-refractivity contribution in [2.45, 2.75) is 53.6 Å². The van der Waals surface area contributed by atoms with E-state index in [4.69, 9.17) is 11.5 Å². The minimum atomic E-state index is -0.131. The van der Waals surface area contributed by atoms with Crippen LogP contribution in [-0.4, -0.2) is 71.5 Å². The zero-order valence-corrected chi connectivity index (χ0v) is 24.1. The van der Waals surface area contributed by atoms with E-state index in [-0.39, 0.29) is 31.8 Å². The average molecular weight is 581 g/mol. The van der Waals surface area contributed by atoms with Crippen molar-refractivity contribution in [2.24, 2.45) is 0 Å². The molecule has 8 N–H and O–H groups in total. The second-order valence-corrected chi connectivity index (χ2v) is 10.6. The summed E-state index contributed by atoms with van der Waals surface area (Å²) in [4.78, 5) is 45.0. The minimum absolute atomic E-state index is 0. The predicted molar refractivity (Wildman–Crippen MR) is 153 cm³/mol. The van der Waals surface area contributed by atoms with E-state index in [9.17, 15) is 19.8 Å². The lowest BCUT2D eigenvalue weighted by atomic mass is 10.2. The number of nitrogens with zero attached hydrogens (tertiary/aromatic N) is 6. The summed E-state index contributed by atoms with van der Waals surface area (Å²) >= 11 is 0. The molecule has 0 saturated carbocycles. The molecular formula is C24H36N8O5S2. The van der Waals surface area contributed by atoms with Crippen molar-refractivity contribution in [3.8, 4) is 0 Å². The summed E-state index contributed by atoms with van der Waals surface area (Å²) < 4.78 is 0. The highest BCUT2D eigenvalue weighted by Gasteiger charge is 2.18. The van der Waals surface area contributed by atoms with Crippen LogP contribution in [0.5, 0.6) is 0 Å². The Kier molecular flexibility index (Phi) is 14.4. The second kappa shape index (κ2) is 16.7. The van der Waals surface area contributed by atoms with Crippen molar-refractivity contribution in [1.82, 2.24) is 29.7 Å². The van der Waals surface area contributed by atoms with Crippen LogP contribution in [0, 0.1) is 13.8 Å². The van der Waals surface area contributed by atoms with Crippen LogP contribution in [0.2, 0.25) is 0 Å². The van der Waals surface area contributed by atoms with Gasteiger partial charge in [0, 0.05) is 70.8 Å². The lowest BCUT2D eigenvalue weighted by Gasteiger charge is -2.24. The number of carbonyl (C=O) groups is 2. The summed E-state index contributed by atoms with van der Waals surface area (Å²) in [5, 5.41) is 19.4.